The second-order valence-electron chi connectivity index (χ2n) is 15.8. The molecule has 0 spiro atoms. The summed E-state index contributed by atoms with van der Waals surface area (Å²) in [5, 5.41) is 5.13. The monoisotopic (exact) mass is 757 g/mol. The zero-order valence-electron chi connectivity index (χ0n) is 32.4. The molecule has 8 aromatic carbocycles. The summed E-state index contributed by atoms with van der Waals surface area (Å²) in [6, 6.07) is 72.2. The highest BCUT2D eigenvalue weighted by molar-refractivity contribution is 7.03. The highest BCUT2D eigenvalue weighted by Crippen LogP contribution is 2.41. The Kier molecular flexibility index (Phi) is 7.95. The van der Waals surface area contributed by atoms with Crippen LogP contribution in [0.15, 0.2) is 200 Å². The minimum absolute atomic E-state index is 0.767. The molecule has 10 aromatic rings. The summed E-state index contributed by atoms with van der Waals surface area (Å²) in [6.07, 6.45) is 0. The normalized spacial score (nSPS) is 12.8. The Balaban J connectivity index is 1.05. The van der Waals surface area contributed by atoms with Crippen molar-refractivity contribution in [2.45, 2.75) is 13.1 Å². The van der Waals surface area contributed by atoms with Crippen LogP contribution in [-0.4, -0.2) is 22.6 Å². The third-order valence-corrected chi connectivity index (χ3v) is 15.3. The van der Waals surface area contributed by atoms with Gasteiger partial charge in [-0.3, -0.25) is 0 Å². The van der Waals surface area contributed by atoms with Crippen LogP contribution < -0.4 is 10.5 Å². The van der Waals surface area contributed by atoms with Gasteiger partial charge in [0.05, 0.1) is 16.7 Å². The highest BCUT2D eigenvalue weighted by atomic mass is 28.3. The van der Waals surface area contributed by atoms with E-state index < -0.39 is 8.07 Å². The van der Waals surface area contributed by atoms with Crippen LogP contribution >= 0.6 is 0 Å². The molecule has 274 valence electrons. The fraction of sp³-hybridized carbons (Fsp3) is 0.0370. The molecule has 0 radical (unpaired) electrons. The molecule has 3 nitrogen and oxygen atoms in total. The Hall–Kier alpha value is -7.14. The molecule has 0 aliphatic carbocycles. The third kappa shape index (κ3) is 5.48. The van der Waals surface area contributed by atoms with Crippen molar-refractivity contribution >= 4 is 40.4 Å². The summed E-state index contributed by atoms with van der Waals surface area (Å²) >= 11 is 0. The lowest BCUT2D eigenvalue weighted by Crippen LogP contribution is -2.50. The maximum atomic E-state index is 5.50. The van der Waals surface area contributed by atoms with E-state index in [0.717, 1.165) is 39.5 Å². The second kappa shape index (κ2) is 13.5. The minimum Gasteiger partial charge on any atom is -0.309 e. The average molecular weight is 758 g/mol. The quantitative estimate of drug-likeness (QED) is 0.158. The minimum atomic E-state index is -2.13. The molecule has 0 atom stereocenters. The number of aromatic nitrogens is 3. The van der Waals surface area contributed by atoms with Crippen LogP contribution in [0.1, 0.15) is 0 Å². The number of hydrogen-bond acceptors (Lipinski definition) is 2. The Morgan fingerprint density at radius 1 is 0.414 bits per heavy atom. The second-order valence-corrected chi connectivity index (χ2v) is 20.0. The van der Waals surface area contributed by atoms with E-state index in [2.05, 4.69) is 218 Å². The SMILES string of the molecule is C[Si]1(C)c2ccccc2-c2c(-c3cccc(-c4ccccc4)c3)nc(-c3cccc(-c4cccc(-c5cccc6c5c5ccccc5n6-c5ccccc5)c4)c3)nc21. The van der Waals surface area contributed by atoms with Crippen molar-refractivity contribution in [1.82, 2.24) is 14.5 Å². The molecule has 0 unspecified atom stereocenters. The number of benzene rings is 8. The molecule has 0 fully saturated rings. The Morgan fingerprint density at radius 2 is 0.948 bits per heavy atom. The lowest BCUT2D eigenvalue weighted by Gasteiger charge is -2.19. The highest BCUT2D eigenvalue weighted by Gasteiger charge is 2.41. The van der Waals surface area contributed by atoms with E-state index in [1.807, 2.05) is 0 Å². The number of para-hydroxylation sites is 2. The van der Waals surface area contributed by atoms with Crippen molar-refractivity contribution in [1.29, 1.82) is 0 Å². The molecule has 0 saturated carbocycles. The van der Waals surface area contributed by atoms with Crippen molar-refractivity contribution < 1.29 is 0 Å². The molecule has 0 bridgehead atoms. The Morgan fingerprint density at radius 3 is 1.74 bits per heavy atom. The number of fused-ring (bicyclic) bond motifs is 6. The average Bonchev–Trinajstić information content (AvgIpc) is 3.75. The topological polar surface area (TPSA) is 30.7 Å². The molecule has 4 heteroatoms. The third-order valence-electron chi connectivity index (χ3n) is 12.0. The van der Waals surface area contributed by atoms with Gasteiger partial charge < -0.3 is 4.57 Å². The fourth-order valence-corrected chi connectivity index (χ4v) is 12.1. The molecule has 0 amide bonds. The first-order valence-electron chi connectivity index (χ1n) is 20.0. The largest absolute Gasteiger partial charge is 0.309 e. The summed E-state index contributed by atoms with van der Waals surface area (Å²) in [6.45, 7) is 4.86. The predicted octanol–water partition coefficient (Wildman–Crippen LogP) is 12.7. The molecule has 1 aliphatic rings. The van der Waals surface area contributed by atoms with Crippen LogP contribution in [-0.2, 0) is 0 Å². The molecular formula is C54H39N3Si. The smallest absolute Gasteiger partial charge is 0.159 e. The van der Waals surface area contributed by atoms with Crippen molar-refractivity contribution in [3.8, 4) is 72.8 Å². The zero-order chi connectivity index (χ0) is 38.8. The Labute approximate surface area is 339 Å². The van der Waals surface area contributed by atoms with Gasteiger partial charge in [-0.15, -0.1) is 0 Å². The summed E-state index contributed by atoms with van der Waals surface area (Å²) in [4.78, 5) is 11.0. The maximum Gasteiger partial charge on any atom is 0.159 e. The van der Waals surface area contributed by atoms with Gasteiger partial charge in [-0.05, 0) is 86.6 Å². The van der Waals surface area contributed by atoms with Crippen LogP contribution in [0.4, 0.5) is 0 Å². The molecule has 2 aromatic heterocycles. The molecular weight excluding hydrogens is 719 g/mol. The van der Waals surface area contributed by atoms with E-state index in [1.54, 1.807) is 0 Å². The zero-order valence-corrected chi connectivity index (χ0v) is 33.4. The molecule has 11 rings (SSSR count). The number of nitrogens with zero attached hydrogens (tertiary/aromatic N) is 3. The van der Waals surface area contributed by atoms with E-state index in [4.69, 9.17) is 9.97 Å². The molecule has 0 saturated heterocycles. The van der Waals surface area contributed by atoms with E-state index in [-0.39, 0.29) is 0 Å². The molecule has 1 aliphatic heterocycles. The number of rotatable bonds is 6. The summed E-state index contributed by atoms with van der Waals surface area (Å²) in [7, 11) is -2.13. The Bertz CT molecular complexity index is 3200. The van der Waals surface area contributed by atoms with Crippen molar-refractivity contribution in [2.75, 3.05) is 0 Å². The molecule has 3 heterocycles. The van der Waals surface area contributed by atoms with Gasteiger partial charge in [-0.25, -0.2) is 9.97 Å². The van der Waals surface area contributed by atoms with E-state index >= 15 is 0 Å². The van der Waals surface area contributed by atoms with Crippen LogP contribution in [0.5, 0.6) is 0 Å². The van der Waals surface area contributed by atoms with Gasteiger partial charge in [-0.1, -0.05) is 171 Å². The standard InChI is InChI=1S/C54H39N3Si/c1-58(2)49-32-12-10-28-46(49)51-52(41-23-14-19-37(34-41)36-17-5-3-6-18-36)55-53(56-54(51)58)42-24-15-21-39(35-42)38-20-13-22-40(33-38)44-29-16-31-48-50(44)45-27-9-11-30-47(45)57(48)43-25-7-4-8-26-43/h3-35H,1-2H3. The van der Waals surface area contributed by atoms with Gasteiger partial charge in [0.25, 0.3) is 0 Å². The predicted molar refractivity (Wildman–Crippen MR) is 246 cm³/mol. The lowest BCUT2D eigenvalue weighted by atomic mass is 9.95. The molecule has 0 N–H and O–H groups in total. The van der Waals surface area contributed by atoms with Gasteiger partial charge in [-0.2, -0.15) is 0 Å². The van der Waals surface area contributed by atoms with E-state index in [9.17, 15) is 0 Å². The maximum absolute atomic E-state index is 5.50. The van der Waals surface area contributed by atoms with Gasteiger partial charge in [0.15, 0.2) is 5.82 Å². The first kappa shape index (κ1) is 34.1. The lowest BCUT2D eigenvalue weighted by molar-refractivity contribution is 1.18. The summed E-state index contributed by atoms with van der Waals surface area (Å²) in [5.41, 5.74) is 16.2. The first-order valence-corrected chi connectivity index (χ1v) is 23.0. The van der Waals surface area contributed by atoms with Gasteiger partial charge >= 0.3 is 0 Å². The van der Waals surface area contributed by atoms with Gasteiger partial charge in [0.2, 0.25) is 0 Å². The summed E-state index contributed by atoms with van der Waals surface area (Å²) < 4.78 is 2.38. The van der Waals surface area contributed by atoms with Crippen molar-refractivity contribution in [3.63, 3.8) is 0 Å². The van der Waals surface area contributed by atoms with Crippen LogP contribution in [0.25, 0.3) is 94.6 Å². The van der Waals surface area contributed by atoms with Crippen LogP contribution in [0, 0.1) is 0 Å². The van der Waals surface area contributed by atoms with Crippen LogP contribution in [0.2, 0.25) is 13.1 Å². The van der Waals surface area contributed by atoms with Crippen molar-refractivity contribution in [3.05, 3.63) is 200 Å². The number of hydrogen-bond donors (Lipinski definition) is 0. The van der Waals surface area contributed by atoms with E-state index in [1.165, 1.54) is 65.7 Å². The molecule has 58 heavy (non-hydrogen) atoms. The van der Waals surface area contributed by atoms with Crippen LogP contribution in [0.3, 0.4) is 0 Å². The first-order chi connectivity index (χ1) is 28.5. The van der Waals surface area contributed by atoms with Gasteiger partial charge in [0.1, 0.15) is 8.07 Å². The van der Waals surface area contributed by atoms with Gasteiger partial charge in [0, 0.05) is 38.5 Å². The summed E-state index contributed by atoms with van der Waals surface area (Å²) in [5.74, 6) is 0.767. The fourth-order valence-electron chi connectivity index (χ4n) is 9.18. The van der Waals surface area contributed by atoms with Crippen molar-refractivity contribution in [2.24, 2.45) is 0 Å². The van der Waals surface area contributed by atoms with E-state index in [0.29, 0.717) is 0 Å².